The van der Waals surface area contributed by atoms with Gasteiger partial charge in [-0.3, -0.25) is 4.79 Å². The van der Waals surface area contributed by atoms with Crippen LogP contribution in [0.15, 0.2) is 34.5 Å². The summed E-state index contributed by atoms with van der Waals surface area (Å²) in [5.41, 5.74) is 12.8. The molecule has 0 aromatic heterocycles. The van der Waals surface area contributed by atoms with Crippen LogP contribution in [-0.4, -0.2) is 202 Å². The first-order chi connectivity index (χ1) is 29.4. The lowest BCUT2D eigenvalue weighted by molar-refractivity contribution is -0.110. The molecule has 1 amide bonds. The summed E-state index contributed by atoms with van der Waals surface area (Å²) in [4.78, 5) is 23.5. The minimum Gasteiger partial charge on any atom is -0.384 e. The largest absolute Gasteiger partial charge is 0.384 e. The zero-order valence-electron chi connectivity index (χ0n) is 35.9. The van der Waals surface area contributed by atoms with Crippen LogP contribution in [0.25, 0.3) is 0 Å². The third-order valence-corrected chi connectivity index (χ3v) is 7.67. The topological polar surface area (TPSA) is 243 Å². The Morgan fingerprint density at radius 1 is 0.517 bits per heavy atom. The van der Waals surface area contributed by atoms with Crippen molar-refractivity contribution in [2.45, 2.75) is 19.9 Å². The maximum Gasteiger partial charge on any atom is 0.251 e. The predicted molar refractivity (Wildman–Crippen MR) is 223 cm³/mol. The molecular weight excluding hydrogens is 790 g/mol. The number of amides is 1. The number of methoxy groups -OCH3 is 1. The number of aldehydes is 1. The molecule has 1 unspecified atom stereocenters. The normalized spacial score (nSPS) is 12.7. The van der Waals surface area contributed by atoms with Crippen LogP contribution >= 0.6 is 0 Å². The molecule has 1 atom stereocenters. The number of nitrogens with two attached hydrogens (primary N) is 2. The van der Waals surface area contributed by atoms with Gasteiger partial charge in [0.1, 0.15) is 18.7 Å². The first-order valence-electron chi connectivity index (χ1n) is 20.3. The summed E-state index contributed by atoms with van der Waals surface area (Å²) in [6, 6.07) is 5.88. The first-order valence-corrected chi connectivity index (χ1v) is 20.3. The van der Waals surface area contributed by atoms with Gasteiger partial charge in [-0.15, -0.1) is 10.2 Å². The van der Waals surface area contributed by atoms with Crippen LogP contribution in [0.5, 0.6) is 0 Å². The standard InChI is InChI=1S/C40H71N5O15/c1-34(2)37(32-46)43-40(47)36-6-4-35(5-7-36)39(42)45-44-38(41)33-60-31-30-59-29-28-58-27-26-57-25-24-56-23-22-55-21-20-54-19-18-53-17-16-52-15-14-51-13-12-50-11-10-49-9-8-48-3/h4-7,32,34,37H,8-31,33H2,1-3H3,(H2,41,44)(H2,42,45)(H,43,47). The fourth-order valence-electron chi connectivity index (χ4n) is 4.33. The van der Waals surface area contributed by atoms with E-state index < -0.39 is 6.04 Å². The molecule has 0 aliphatic heterocycles. The smallest absolute Gasteiger partial charge is 0.251 e. The zero-order valence-corrected chi connectivity index (χ0v) is 35.9. The molecule has 0 aliphatic carbocycles. The molecule has 0 aliphatic rings. The highest BCUT2D eigenvalue weighted by Gasteiger charge is 2.16. The summed E-state index contributed by atoms with van der Waals surface area (Å²) < 4.78 is 70.4. The summed E-state index contributed by atoms with van der Waals surface area (Å²) >= 11 is 0. The lowest BCUT2D eigenvalue weighted by Gasteiger charge is -2.16. The summed E-state index contributed by atoms with van der Waals surface area (Å²) in [5.74, 6) is -0.120. The molecule has 0 saturated carbocycles. The summed E-state index contributed by atoms with van der Waals surface area (Å²) in [7, 11) is 1.64. The van der Waals surface area contributed by atoms with E-state index in [-0.39, 0.29) is 30.1 Å². The molecule has 1 rings (SSSR count). The van der Waals surface area contributed by atoms with Crippen LogP contribution in [-0.2, 0) is 66.4 Å². The molecule has 0 fully saturated rings. The first kappa shape index (κ1) is 54.8. The van der Waals surface area contributed by atoms with Gasteiger partial charge in [-0.05, 0) is 18.1 Å². The lowest BCUT2D eigenvalue weighted by Crippen LogP contribution is -2.39. The molecule has 0 heterocycles. The Kier molecular flexibility index (Phi) is 37.6. The van der Waals surface area contributed by atoms with Crippen molar-refractivity contribution in [1.82, 2.24) is 5.32 Å². The Balaban J connectivity index is 1.81. The van der Waals surface area contributed by atoms with Crippen LogP contribution in [0.2, 0.25) is 0 Å². The van der Waals surface area contributed by atoms with Gasteiger partial charge in [0.05, 0.1) is 165 Å². The van der Waals surface area contributed by atoms with E-state index in [1.54, 1.807) is 31.4 Å². The van der Waals surface area contributed by atoms with Crippen molar-refractivity contribution in [2.24, 2.45) is 27.6 Å². The van der Waals surface area contributed by atoms with Gasteiger partial charge in [0, 0.05) is 18.2 Å². The fourth-order valence-corrected chi connectivity index (χ4v) is 4.33. The molecular formula is C40H71N5O15. The van der Waals surface area contributed by atoms with Crippen molar-refractivity contribution in [3.8, 4) is 0 Å². The quantitative estimate of drug-likeness (QED) is 0.0265. The van der Waals surface area contributed by atoms with Gasteiger partial charge in [0.25, 0.3) is 5.91 Å². The van der Waals surface area contributed by atoms with Crippen LogP contribution in [0, 0.1) is 5.92 Å². The van der Waals surface area contributed by atoms with Crippen molar-refractivity contribution in [3.05, 3.63) is 35.4 Å². The average molecular weight is 862 g/mol. The molecule has 5 N–H and O–H groups in total. The molecule has 0 bridgehead atoms. The zero-order chi connectivity index (χ0) is 43.6. The van der Waals surface area contributed by atoms with Gasteiger partial charge >= 0.3 is 0 Å². The number of carbonyl (C=O) groups is 2. The Morgan fingerprint density at radius 2 is 0.817 bits per heavy atom. The maximum atomic E-state index is 12.4. The molecule has 20 nitrogen and oxygen atoms in total. The number of nitrogens with one attached hydrogen (secondary N) is 1. The third kappa shape index (κ3) is 33.5. The Bertz CT molecular complexity index is 1210. The highest BCUT2D eigenvalue weighted by atomic mass is 16.6. The van der Waals surface area contributed by atoms with E-state index in [0.717, 1.165) is 6.29 Å². The molecule has 1 aromatic carbocycles. The fraction of sp³-hybridized carbons (Fsp3) is 0.750. The number of ether oxygens (including phenoxy) is 13. The van der Waals surface area contributed by atoms with E-state index in [1.165, 1.54) is 0 Å². The number of hydrogen-bond acceptors (Lipinski definition) is 17. The van der Waals surface area contributed by atoms with Crippen LogP contribution < -0.4 is 16.8 Å². The number of rotatable bonds is 44. The van der Waals surface area contributed by atoms with Gasteiger partial charge in [-0.2, -0.15) is 0 Å². The van der Waals surface area contributed by atoms with Crippen molar-refractivity contribution in [2.75, 3.05) is 172 Å². The second-order valence-corrected chi connectivity index (χ2v) is 12.8. The van der Waals surface area contributed by atoms with Crippen molar-refractivity contribution >= 4 is 23.9 Å². The minimum absolute atomic E-state index is 0.0179. The van der Waals surface area contributed by atoms with E-state index in [0.29, 0.717) is 170 Å². The van der Waals surface area contributed by atoms with Gasteiger partial charge in [-0.1, -0.05) is 26.0 Å². The summed E-state index contributed by atoms with van der Waals surface area (Å²) in [6.45, 7) is 15.2. The molecule has 60 heavy (non-hydrogen) atoms. The summed E-state index contributed by atoms with van der Waals surface area (Å²) in [5, 5.41) is 10.5. The van der Waals surface area contributed by atoms with Crippen molar-refractivity contribution < 1.29 is 71.2 Å². The highest BCUT2D eigenvalue weighted by molar-refractivity contribution is 6.00. The van der Waals surface area contributed by atoms with Crippen LogP contribution in [0.4, 0.5) is 0 Å². The Morgan fingerprint density at radius 3 is 1.12 bits per heavy atom. The number of benzene rings is 1. The monoisotopic (exact) mass is 861 g/mol. The molecule has 1 aromatic rings. The number of carbonyl (C=O) groups excluding carboxylic acids is 2. The van der Waals surface area contributed by atoms with Crippen LogP contribution in [0.3, 0.4) is 0 Å². The van der Waals surface area contributed by atoms with E-state index >= 15 is 0 Å². The Hall–Kier alpha value is -3.22. The van der Waals surface area contributed by atoms with Crippen LogP contribution in [0.1, 0.15) is 29.8 Å². The molecule has 0 saturated heterocycles. The van der Waals surface area contributed by atoms with Gasteiger partial charge in [-0.25, -0.2) is 0 Å². The average Bonchev–Trinajstić information content (AvgIpc) is 3.25. The second kappa shape index (κ2) is 41.1. The van der Waals surface area contributed by atoms with E-state index in [2.05, 4.69) is 15.5 Å². The minimum atomic E-state index is -0.564. The summed E-state index contributed by atoms with van der Waals surface area (Å²) in [6.07, 6.45) is 0.721. The molecule has 20 heteroatoms. The van der Waals surface area contributed by atoms with E-state index in [9.17, 15) is 9.59 Å². The molecule has 0 radical (unpaired) electrons. The molecule has 0 spiro atoms. The second-order valence-electron chi connectivity index (χ2n) is 12.8. The van der Waals surface area contributed by atoms with Crippen molar-refractivity contribution in [1.29, 1.82) is 0 Å². The SMILES string of the molecule is COCCOCCOCCOCCOCCOCCOCCOCCOCCOCCOCCOCCOC/C(N)=N/N=C(\N)c1ccc(C(=O)NC(C=O)C(C)C)cc1. The van der Waals surface area contributed by atoms with Crippen molar-refractivity contribution in [3.63, 3.8) is 0 Å². The lowest BCUT2D eigenvalue weighted by atomic mass is 10.0. The maximum absolute atomic E-state index is 12.4. The van der Waals surface area contributed by atoms with E-state index in [1.807, 2.05) is 13.8 Å². The van der Waals surface area contributed by atoms with Gasteiger partial charge < -0.3 is 83.2 Å². The van der Waals surface area contributed by atoms with E-state index in [4.69, 9.17) is 73.0 Å². The number of amidine groups is 2. The molecule has 346 valence electrons. The third-order valence-electron chi connectivity index (χ3n) is 7.67. The predicted octanol–water partition coefficient (Wildman–Crippen LogP) is 0.463. The number of hydrogen-bond donors (Lipinski definition) is 3. The van der Waals surface area contributed by atoms with Gasteiger partial charge in [0.15, 0.2) is 5.84 Å². The highest BCUT2D eigenvalue weighted by Crippen LogP contribution is 2.07. The van der Waals surface area contributed by atoms with Gasteiger partial charge in [0.2, 0.25) is 0 Å². The Labute approximate surface area is 355 Å². The number of nitrogens with zero attached hydrogens (tertiary/aromatic N) is 2.